The molecule has 0 bridgehead atoms. The Kier molecular flexibility index (Phi) is 6.11. The van der Waals surface area contributed by atoms with Gasteiger partial charge in [0.1, 0.15) is 0 Å². The van der Waals surface area contributed by atoms with Crippen molar-refractivity contribution in [3.8, 4) is 0 Å². The van der Waals surface area contributed by atoms with Crippen LogP contribution in [-0.2, 0) is 16.3 Å². The topological polar surface area (TPSA) is 116 Å². The molecule has 1 rings (SSSR count). The van der Waals surface area contributed by atoms with Crippen LogP contribution in [0.5, 0.6) is 0 Å². The molecule has 0 aromatic heterocycles. The summed E-state index contributed by atoms with van der Waals surface area (Å²) in [6.07, 6.45) is 4.78. The number of hydrogen-bond acceptors (Lipinski definition) is 3. The number of hydrogen-bond donors (Lipinski definition) is 2. The van der Waals surface area contributed by atoms with Gasteiger partial charge in [-0.2, -0.15) is 4.99 Å². The Balaban J connectivity index is 3.38. The number of nitrogens with two attached hydrogens (primary N) is 2. The minimum Gasteiger partial charge on any atom is -0.370 e. The molecule has 0 unspecified atom stereocenters. The van der Waals surface area contributed by atoms with E-state index in [0.29, 0.717) is 12.0 Å². The lowest BCUT2D eigenvalue weighted by atomic mass is 10.0. The monoisotopic (exact) mass is 325 g/mol. The molecule has 6 nitrogen and oxygen atoms in total. The summed E-state index contributed by atoms with van der Waals surface area (Å²) < 4.78 is 24.2. The fraction of sp³-hybridized carbons (Fsp3) is 0.467. The maximum atomic E-state index is 12.1. The standard InChI is InChI=1S/C15H23N3O3S/c1-4-5-6-7-11-8-9-12(14(19)18-15(16)17)10(2)13(11)22(3,20)21/h8-9H,4-7H2,1-3H3,(H4,16,17,18,19). The van der Waals surface area contributed by atoms with Crippen molar-refractivity contribution >= 4 is 21.7 Å². The van der Waals surface area contributed by atoms with Gasteiger partial charge in [0.05, 0.1) is 4.90 Å². The normalized spacial score (nSPS) is 11.2. The SMILES string of the molecule is CCCCCc1ccc(C(=O)N=C(N)N)c(C)c1S(C)(=O)=O. The van der Waals surface area contributed by atoms with E-state index >= 15 is 0 Å². The lowest BCUT2D eigenvalue weighted by Gasteiger charge is -2.13. The largest absolute Gasteiger partial charge is 0.370 e. The zero-order chi connectivity index (χ0) is 16.9. The van der Waals surface area contributed by atoms with Crippen molar-refractivity contribution in [1.82, 2.24) is 0 Å². The summed E-state index contributed by atoms with van der Waals surface area (Å²) in [5.41, 5.74) is 11.7. The predicted molar refractivity (Wildman–Crippen MR) is 87.7 cm³/mol. The van der Waals surface area contributed by atoms with Gasteiger partial charge < -0.3 is 11.5 Å². The zero-order valence-corrected chi connectivity index (χ0v) is 14.0. The summed E-state index contributed by atoms with van der Waals surface area (Å²) in [6.45, 7) is 3.69. The van der Waals surface area contributed by atoms with Crippen LogP contribution in [0.4, 0.5) is 0 Å². The first-order valence-electron chi connectivity index (χ1n) is 7.15. The van der Waals surface area contributed by atoms with Crippen LogP contribution in [0.3, 0.4) is 0 Å². The average Bonchev–Trinajstić information content (AvgIpc) is 2.36. The van der Waals surface area contributed by atoms with Crippen LogP contribution in [0.15, 0.2) is 22.0 Å². The van der Waals surface area contributed by atoms with Gasteiger partial charge in [-0.25, -0.2) is 8.42 Å². The summed E-state index contributed by atoms with van der Waals surface area (Å²) in [4.78, 5) is 15.7. The van der Waals surface area contributed by atoms with Crippen molar-refractivity contribution in [2.45, 2.75) is 44.4 Å². The molecule has 1 amide bonds. The summed E-state index contributed by atoms with van der Waals surface area (Å²) in [6, 6.07) is 3.26. The molecule has 0 radical (unpaired) electrons. The molecule has 0 saturated heterocycles. The maximum Gasteiger partial charge on any atom is 0.280 e. The molecule has 0 spiro atoms. The molecule has 0 saturated carbocycles. The molecule has 22 heavy (non-hydrogen) atoms. The number of amides is 1. The highest BCUT2D eigenvalue weighted by Crippen LogP contribution is 2.26. The zero-order valence-electron chi connectivity index (χ0n) is 13.2. The Hall–Kier alpha value is -1.89. The Morgan fingerprint density at radius 1 is 1.23 bits per heavy atom. The number of aryl methyl sites for hydroxylation is 1. The Morgan fingerprint density at radius 3 is 2.36 bits per heavy atom. The van der Waals surface area contributed by atoms with E-state index in [0.717, 1.165) is 31.1 Å². The van der Waals surface area contributed by atoms with E-state index in [4.69, 9.17) is 11.5 Å². The summed E-state index contributed by atoms with van der Waals surface area (Å²) in [5.74, 6) is -0.986. The number of carbonyl (C=O) groups excluding carboxylic acids is 1. The molecule has 7 heteroatoms. The molecule has 0 fully saturated rings. The van der Waals surface area contributed by atoms with Crippen molar-refractivity contribution in [1.29, 1.82) is 0 Å². The molecule has 0 aliphatic heterocycles. The van der Waals surface area contributed by atoms with Gasteiger partial charge in [0.15, 0.2) is 15.8 Å². The van der Waals surface area contributed by atoms with Crippen LogP contribution < -0.4 is 11.5 Å². The van der Waals surface area contributed by atoms with Gasteiger partial charge in [-0.3, -0.25) is 4.79 Å². The predicted octanol–water partition coefficient (Wildman–Crippen LogP) is 1.54. The van der Waals surface area contributed by atoms with E-state index < -0.39 is 15.7 Å². The first-order valence-corrected chi connectivity index (χ1v) is 9.04. The minimum atomic E-state index is -3.45. The Labute approximate surface area is 131 Å². The number of benzene rings is 1. The van der Waals surface area contributed by atoms with E-state index in [9.17, 15) is 13.2 Å². The lowest BCUT2D eigenvalue weighted by molar-refractivity contribution is 0.100. The maximum absolute atomic E-state index is 12.1. The van der Waals surface area contributed by atoms with Crippen molar-refractivity contribution in [3.63, 3.8) is 0 Å². The van der Waals surface area contributed by atoms with Crippen molar-refractivity contribution in [3.05, 3.63) is 28.8 Å². The number of guanidine groups is 1. The molecule has 122 valence electrons. The number of unbranched alkanes of at least 4 members (excludes halogenated alkanes) is 2. The van der Waals surface area contributed by atoms with Gasteiger partial charge >= 0.3 is 0 Å². The third-order valence-corrected chi connectivity index (χ3v) is 4.68. The van der Waals surface area contributed by atoms with E-state index in [2.05, 4.69) is 11.9 Å². The molecule has 0 aliphatic carbocycles. The van der Waals surface area contributed by atoms with Crippen molar-refractivity contribution < 1.29 is 13.2 Å². The fourth-order valence-corrected chi connectivity index (χ4v) is 3.75. The van der Waals surface area contributed by atoms with Gasteiger partial charge in [-0.1, -0.05) is 25.8 Å². The number of sulfone groups is 1. The number of aliphatic imine (C=N–C) groups is 1. The highest BCUT2D eigenvalue weighted by molar-refractivity contribution is 7.90. The summed E-state index contributed by atoms with van der Waals surface area (Å²) in [7, 11) is -3.45. The quantitative estimate of drug-likeness (QED) is 0.467. The number of nitrogens with zero attached hydrogens (tertiary/aromatic N) is 1. The third-order valence-electron chi connectivity index (χ3n) is 3.37. The first kappa shape index (κ1) is 18.2. The van der Waals surface area contributed by atoms with Crippen molar-refractivity contribution in [2.75, 3.05) is 6.26 Å². The third kappa shape index (κ3) is 4.56. The smallest absolute Gasteiger partial charge is 0.280 e. The highest BCUT2D eigenvalue weighted by Gasteiger charge is 2.21. The van der Waals surface area contributed by atoms with Crippen LogP contribution in [0.1, 0.15) is 47.7 Å². The van der Waals surface area contributed by atoms with Crippen LogP contribution in [0.25, 0.3) is 0 Å². The van der Waals surface area contributed by atoms with Crippen LogP contribution in [-0.4, -0.2) is 26.5 Å². The summed E-state index contributed by atoms with van der Waals surface area (Å²) >= 11 is 0. The Morgan fingerprint density at radius 2 is 1.86 bits per heavy atom. The van der Waals surface area contributed by atoms with E-state index in [1.165, 1.54) is 0 Å². The van der Waals surface area contributed by atoms with Gasteiger partial charge in [-0.05, 0) is 37.0 Å². The molecular weight excluding hydrogens is 302 g/mol. The van der Waals surface area contributed by atoms with Gasteiger partial charge in [0.25, 0.3) is 5.91 Å². The second kappa shape index (κ2) is 7.40. The van der Waals surface area contributed by atoms with Crippen LogP contribution >= 0.6 is 0 Å². The highest BCUT2D eigenvalue weighted by atomic mass is 32.2. The number of rotatable bonds is 6. The molecule has 1 aromatic rings. The molecule has 4 N–H and O–H groups in total. The molecule has 0 aliphatic rings. The van der Waals surface area contributed by atoms with Gasteiger partial charge in [-0.15, -0.1) is 0 Å². The first-order chi connectivity index (χ1) is 10.2. The van der Waals surface area contributed by atoms with E-state index in [1.54, 1.807) is 19.1 Å². The van der Waals surface area contributed by atoms with Crippen LogP contribution in [0, 0.1) is 6.92 Å². The second-order valence-corrected chi connectivity index (χ2v) is 7.25. The molecular formula is C15H23N3O3S. The van der Waals surface area contributed by atoms with Crippen LogP contribution in [0.2, 0.25) is 0 Å². The fourth-order valence-electron chi connectivity index (χ4n) is 2.44. The molecule has 1 aromatic carbocycles. The average molecular weight is 325 g/mol. The summed E-state index contributed by atoms with van der Waals surface area (Å²) in [5, 5.41) is 0. The molecule has 0 atom stereocenters. The second-order valence-electron chi connectivity index (χ2n) is 5.30. The lowest BCUT2D eigenvalue weighted by Crippen LogP contribution is -2.24. The number of carbonyl (C=O) groups is 1. The van der Waals surface area contributed by atoms with E-state index in [-0.39, 0.29) is 16.4 Å². The van der Waals surface area contributed by atoms with Crippen molar-refractivity contribution in [2.24, 2.45) is 16.5 Å². The minimum absolute atomic E-state index is 0.202. The Bertz CT molecular complexity index is 690. The van der Waals surface area contributed by atoms with Gasteiger partial charge in [0, 0.05) is 11.8 Å². The molecule has 0 heterocycles. The van der Waals surface area contributed by atoms with Gasteiger partial charge in [0.2, 0.25) is 0 Å². The van der Waals surface area contributed by atoms with E-state index in [1.807, 2.05) is 0 Å².